The van der Waals surface area contributed by atoms with Crippen molar-refractivity contribution in [2.24, 2.45) is 0 Å². The lowest BCUT2D eigenvalue weighted by molar-refractivity contribution is -0.204. The van der Waals surface area contributed by atoms with Gasteiger partial charge in [-0.3, -0.25) is 0 Å². The molecular formula is C9H21NO2. The Balaban J connectivity index is 4.27. The summed E-state index contributed by atoms with van der Waals surface area (Å²) in [7, 11) is 3.74. The number of hydrogen-bond donors (Lipinski definition) is 2. The van der Waals surface area contributed by atoms with Crippen LogP contribution in [0, 0.1) is 0 Å². The van der Waals surface area contributed by atoms with Gasteiger partial charge in [-0.25, -0.2) is 0 Å². The first-order valence-corrected chi connectivity index (χ1v) is 4.56. The number of aliphatic hydroxyl groups is 2. The summed E-state index contributed by atoms with van der Waals surface area (Å²) < 4.78 is 0. The van der Waals surface area contributed by atoms with Gasteiger partial charge in [0, 0.05) is 0 Å². The molecule has 2 N–H and O–H groups in total. The predicted octanol–water partition coefficient (Wildman–Crippen LogP) is 0.808. The second-order valence-electron chi connectivity index (χ2n) is 3.50. The van der Waals surface area contributed by atoms with E-state index in [0.717, 1.165) is 12.8 Å². The summed E-state index contributed by atoms with van der Waals surface area (Å²) >= 11 is 0. The summed E-state index contributed by atoms with van der Waals surface area (Å²) in [5.74, 6) is -1.54. The summed E-state index contributed by atoms with van der Waals surface area (Å²) in [5, 5.41) is 19.2. The van der Waals surface area contributed by atoms with Crippen molar-refractivity contribution in [1.29, 1.82) is 0 Å². The zero-order valence-corrected chi connectivity index (χ0v) is 8.54. The van der Waals surface area contributed by atoms with Crippen LogP contribution >= 0.6 is 0 Å². The van der Waals surface area contributed by atoms with Gasteiger partial charge in [-0.05, 0) is 26.9 Å². The van der Waals surface area contributed by atoms with E-state index in [1.54, 1.807) is 6.92 Å². The molecule has 3 heteroatoms. The maximum absolute atomic E-state index is 9.60. The van der Waals surface area contributed by atoms with Crippen LogP contribution in [0.4, 0.5) is 0 Å². The quantitative estimate of drug-likeness (QED) is 0.608. The van der Waals surface area contributed by atoms with E-state index in [4.69, 9.17) is 0 Å². The summed E-state index contributed by atoms with van der Waals surface area (Å²) in [6.45, 7) is 3.83. The molecule has 74 valence electrons. The first-order chi connectivity index (χ1) is 5.45. The van der Waals surface area contributed by atoms with Crippen LogP contribution in [-0.2, 0) is 0 Å². The van der Waals surface area contributed by atoms with Crippen LogP contribution in [0.25, 0.3) is 0 Å². The van der Waals surface area contributed by atoms with Crippen molar-refractivity contribution in [3.05, 3.63) is 0 Å². The van der Waals surface area contributed by atoms with Gasteiger partial charge in [0.15, 0.2) is 5.79 Å². The minimum Gasteiger partial charge on any atom is -0.364 e. The average molecular weight is 175 g/mol. The van der Waals surface area contributed by atoms with E-state index in [1.807, 2.05) is 25.9 Å². The van der Waals surface area contributed by atoms with E-state index < -0.39 is 5.79 Å². The highest BCUT2D eigenvalue weighted by molar-refractivity contribution is 4.80. The predicted molar refractivity (Wildman–Crippen MR) is 49.8 cm³/mol. The lowest BCUT2D eigenvalue weighted by Gasteiger charge is -2.35. The molecule has 0 fully saturated rings. The van der Waals surface area contributed by atoms with Crippen LogP contribution in [-0.4, -0.2) is 41.0 Å². The van der Waals surface area contributed by atoms with Crippen LogP contribution < -0.4 is 0 Å². The van der Waals surface area contributed by atoms with Crippen LogP contribution in [0.1, 0.15) is 33.1 Å². The molecule has 0 aromatic heterocycles. The molecule has 0 aromatic rings. The fraction of sp³-hybridized carbons (Fsp3) is 1.00. The normalized spacial score (nSPS) is 15.2. The first-order valence-electron chi connectivity index (χ1n) is 4.56. The molecule has 0 radical (unpaired) electrons. The molecule has 0 aliphatic rings. The molecule has 0 bridgehead atoms. The Morgan fingerprint density at radius 2 is 1.75 bits per heavy atom. The van der Waals surface area contributed by atoms with Gasteiger partial charge in [0.1, 0.15) is 0 Å². The van der Waals surface area contributed by atoms with Gasteiger partial charge in [-0.15, -0.1) is 0 Å². The molecule has 0 saturated heterocycles. The Bertz CT molecular complexity index is 124. The van der Waals surface area contributed by atoms with E-state index in [2.05, 4.69) is 0 Å². The highest BCUT2D eigenvalue weighted by Gasteiger charge is 2.33. The third-order valence-electron chi connectivity index (χ3n) is 2.24. The lowest BCUT2D eigenvalue weighted by Crippen LogP contribution is -2.49. The molecule has 0 aliphatic heterocycles. The van der Waals surface area contributed by atoms with Gasteiger partial charge in [0.05, 0.1) is 6.04 Å². The standard InChI is InChI=1S/C9H21NO2/c1-5-7-8(10(3)4)9(11,12)6-2/h8,11-12H,5-7H2,1-4H3. The molecule has 0 aliphatic carbocycles. The maximum Gasteiger partial charge on any atom is 0.178 e. The SMILES string of the molecule is CCCC(N(C)C)C(O)(O)CC. The summed E-state index contributed by atoms with van der Waals surface area (Å²) in [4.78, 5) is 1.87. The fourth-order valence-corrected chi connectivity index (χ4v) is 1.41. The third-order valence-corrected chi connectivity index (χ3v) is 2.24. The number of likely N-dealkylation sites (N-methyl/N-ethyl adjacent to an activating group) is 1. The summed E-state index contributed by atoms with van der Waals surface area (Å²) in [6, 6.07) is -0.160. The second kappa shape index (κ2) is 4.80. The van der Waals surface area contributed by atoms with Crippen molar-refractivity contribution < 1.29 is 10.2 Å². The number of nitrogens with zero attached hydrogens (tertiary/aromatic N) is 1. The van der Waals surface area contributed by atoms with Crippen LogP contribution in [0.3, 0.4) is 0 Å². The number of rotatable bonds is 5. The maximum atomic E-state index is 9.60. The Labute approximate surface area is 75.0 Å². The van der Waals surface area contributed by atoms with E-state index in [0.29, 0.717) is 6.42 Å². The molecule has 12 heavy (non-hydrogen) atoms. The van der Waals surface area contributed by atoms with Gasteiger partial charge in [-0.1, -0.05) is 20.3 Å². The van der Waals surface area contributed by atoms with E-state index >= 15 is 0 Å². The molecule has 3 nitrogen and oxygen atoms in total. The zero-order valence-electron chi connectivity index (χ0n) is 8.54. The average Bonchev–Trinajstić information content (AvgIpc) is 1.99. The van der Waals surface area contributed by atoms with E-state index in [1.165, 1.54) is 0 Å². The highest BCUT2D eigenvalue weighted by Crippen LogP contribution is 2.19. The Morgan fingerprint density at radius 1 is 1.25 bits per heavy atom. The van der Waals surface area contributed by atoms with Crippen molar-refractivity contribution in [3.63, 3.8) is 0 Å². The second-order valence-corrected chi connectivity index (χ2v) is 3.50. The Morgan fingerprint density at radius 3 is 2.00 bits per heavy atom. The molecule has 1 atom stereocenters. The van der Waals surface area contributed by atoms with Gasteiger partial charge in [0.25, 0.3) is 0 Å². The first kappa shape index (κ1) is 11.9. The third kappa shape index (κ3) is 3.09. The van der Waals surface area contributed by atoms with Crippen molar-refractivity contribution in [3.8, 4) is 0 Å². The van der Waals surface area contributed by atoms with Crippen molar-refractivity contribution in [2.45, 2.75) is 44.9 Å². The Hall–Kier alpha value is -0.120. The van der Waals surface area contributed by atoms with E-state index in [-0.39, 0.29) is 6.04 Å². The van der Waals surface area contributed by atoms with Crippen LogP contribution in [0.2, 0.25) is 0 Å². The van der Waals surface area contributed by atoms with Crippen molar-refractivity contribution >= 4 is 0 Å². The zero-order chi connectivity index (χ0) is 9.78. The van der Waals surface area contributed by atoms with E-state index in [9.17, 15) is 10.2 Å². The summed E-state index contributed by atoms with van der Waals surface area (Å²) in [5.41, 5.74) is 0. The molecular weight excluding hydrogens is 154 g/mol. The monoisotopic (exact) mass is 175 g/mol. The minimum atomic E-state index is -1.54. The molecule has 0 spiro atoms. The Kier molecular flexibility index (Phi) is 4.75. The van der Waals surface area contributed by atoms with Gasteiger partial charge < -0.3 is 15.1 Å². The molecule has 0 amide bonds. The van der Waals surface area contributed by atoms with Gasteiger partial charge in [0.2, 0.25) is 0 Å². The lowest BCUT2D eigenvalue weighted by atomic mass is 9.99. The molecule has 0 heterocycles. The largest absolute Gasteiger partial charge is 0.364 e. The number of hydrogen-bond acceptors (Lipinski definition) is 3. The highest BCUT2D eigenvalue weighted by atomic mass is 16.5. The van der Waals surface area contributed by atoms with Gasteiger partial charge in [-0.2, -0.15) is 0 Å². The van der Waals surface area contributed by atoms with Crippen LogP contribution in [0.15, 0.2) is 0 Å². The molecule has 0 rings (SSSR count). The molecule has 0 aromatic carbocycles. The topological polar surface area (TPSA) is 43.7 Å². The smallest absolute Gasteiger partial charge is 0.178 e. The molecule has 0 saturated carbocycles. The fourth-order valence-electron chi connectivity index (χ4n) is 1.41. The minimum absolute atomic E-state index is 0.160. The van der Waals surface area contributed by atoms with Crippen molar-refractivity contribution in [2.75, 3.05) is 14.1 Å². The van der Waals surface area contributed by atoms with Crippen molar-refractivity contribution in [1.82, 2.24) is 4.90 Å². The van der Waals surface area contributed by atoms with Crippen LogP contribution in [0.5, 0.6) is 0 Å². The van der Waals surface area contributed by atoms with Gasteiger partial charge >= 0.3 is 0 Å². The molecule has 1 unspecified atom stereocenters. The summed E-state index contributed by atoms with van der Waals surface area (Å²) in [6.07, 6.45) is 2.15.